The van der Waals surface area contributed by atoms with E-state index in [4.69, 9.17) is 10.2 Å². The molecule has 1 aromatic carbocycles. The minimum Gasteiger partial charge on any atom is -0.354 e. The summed E-state index contributed by atoms with van der Waals surface area (Å²) in [5, 5.41) is 9.15. The molecule has 0 amide bonds. The molecule has 1 aliphatic heterocycles. The lowest BCUT2D eigenvalue weighted by molar-refractivity contribution is 0.384. The molecule has 2 heterocycles. The molecule has 8 heteroatoms. The second-order valence-electron chi connectivity index (χ2n) is 7.53. The summed E-state index contributed by atoms with van der Waals surface area (Å²) >= 11 is 0. The average Bonchev–Trinajstić information content (AvgIpc) is 2.75. The molecule has 7 nitrogen and oxygen atoms in total. The Morgan fingerprint density at radius 1 is 1.13 bits per heavy atom. The largest absolute Gasteiger partial charge is 0.354 e. The van der Waals surface area contributed by atoms with Gasteiger partial charge in [-0.05, 0) is 25.8 Å². The Kier molecular flexibility index (Phi) is 7.06. The Labute approximate surface area is 179 Å². The fourth-order valence-corrected chi connectivity index (χ4v) is 4.92. The molecule has 0 atom stereocenters. The number of rotatable bonds is 7. The van der Waals surface area contributed by atoms with Crippen LogP contribution in [0.1, 0.15) is 42.1 Å². The van der Waals surface area contributed by atoms with Crippen molar-refractivity contribution < 1.29 is 8.42 Å². The van der Waals surface area contributed by atoms with Crippen molar-refractivity contribution in [1.82, 2.24) is 14.3 Å². The standard InChI is InChI=1S/C22H29N5O2S/c1-4-20-19(16-18-8-6-7-17(3)15-18)22(25-21(24-20)9-10-23)26-11-13-27(14-12-26)30(28,29)5-2/h6-8,15H,4-5,9,11-14,16H2,1-3H3. The van der Waals surface area contributed by atoms with Crippen molar-refractivity contribution in [1.29, 1.82) is 5.26 Å². The molecular formula is C22H29N5O2S. The van der Waals surface area contributed by atoms with Crippen molar-refractivity contribution in [2.45, 2.75) is 40.0 Å². The lowest BCUT2D eigenvalue weighted by atomic mass is 10.0. The molecule has 0 saturated carbocycles. The second-order valence-corrected chi connectivity index (χ2v) is 9.79. The van der Waals surface area contributed by atoms with Gasteiger partial charge in [-0.1, -0.05) is 36.8 Å². The summed E-state index contributed by atoms with van der Waals surface area (Å²) in [6.45, 7) is 7.85. The van der Waals surface area contributed by atoms with Crippen LogP contribution >= 0.6 is 0 Å². The van der Waals surface area contributed by atoms with Crippen LogP contribution in [-0.2, 0) is 29.3 Å². The van der Waals surface area contributed by atoms with Crippen molar-refractivity contribution in [2.24, 2.45) is 0 Å². The number of anilines is 1. The van der Waals surface area contributed by atoms with E-state index in [9.17, 15) is 8.42 Å². The third-order valence-electron chi connectivity index (χ3n) is 5.45. The zero-order valence-electron chi connectivity index (χ0n) is 17.9. The Morgan fingerprint density at radius 3 is 2.47 bits per heavy atom. The first kappa shape index (κ1) is 22.2. The third-order valence-corrected chi connectivity index (χ3v) is 7.33. The van der Waals surface area contributed by atoms with Crippen LogP contribution in [0.4, 0.5) is 5.82 Å². The summed E-state index contributed by atoms with van der Waals surface area (Å²) in [6, 6.07) is 10.5. The number of hydrogen-bond acceptors (Lipinski definition) is 6. The van der Waals surface area contributed by atoms with Crippen LogP contribution in [0.15, 0.2) is 24.3 Å². The number of hydrogen-bond donors (Lipinski definition) is 0. The zero-order chi connectivity index (χ0) is 21.7. The van der Waals surface area contributed by atoms with Gasteiger partial charge in [-0.15, -0.1) is 0 Å². The fourth-order valence-electron chi connectivity index (χ4n) is 3.84. The van der Waals surface area contributed by atoms with Gasteiger partial charge in [-0.2, -0.15) is 9.57 Å². The molecule has 2 aromatic rings. The summed E-state index contributed by atoms with van der Waals surface area (Å²) in [4.78, 5) is 11.5. The molecule has 160 valence electrons. The molecular weight excluding hydrogens is 398 g/mol. The van der Waals surface area contributed by atoms with Crippen molar-refractivity contribution in [3.63, 3.8) is 0 Å². The second kappa shape index (κ2) is 9.54. The highest BCUT2D eigenvalue weighted by Crippen LogP contribution is 2.27. The molecule has 0 radical (unpaired) electrons. The predicted molar refractivity (Wildman–Crippen MR) is 118 cm³/mol. The van der Waals surface area contributed by atoms with E-state index in [2.05, 4.69) is 54.1 Å². The SMILES string of the molecule is CCc1nc(CC#N)nc(N2CCN(S(=O)(=O)CC)CC2)c1Cc1cccc(C)c1. The van der Waals surface area contributed by atoms with Gasteiger partial charge in [-0.25, -0.2) is 18.4 Å². The van der Waals surface area contributed by atoms with E-state index >= 15 is 0 Å². The van der Waals surface area contributed by atoms with Crippen LogP contribution in [0.2, 0.25) is 0 Å². The highest BCUT2D eigenvalue weighted by atomic mass is 32.2. The van der Waals surface area contributed by atoms with Gasteiger partial charge in [0.1, 0.15) is 11.6 Å². The zero-order valence-corrected chi connectivity index (χ0v) is 18.7. The molecule has 0 bridgehead atoms. The smallest absolute Gasteiger partial charge is 0.213 e. The maximum Gasteiger partial charge on any atom is 0.213 e. The van der Waals surface area contributed by atoms with E-state index in [0.29, 0.717) is 38.4 Å². The van der Waals surface area contributed by atoms with E-state index < -0.39 is 10.0 Å². The lowest BCUT2D eigenvalue weighted by Crippen LogP contribution is -2.49. The van der Waals surface area contributed by atoms with Gasteiger partial charge in [0.15, 0.2) is 0 Å². The molecule has 0 N–H and O–H groups in total. The van der Waals surface area contributed by atoms with Crippen LogP contribution in [0, 0.1) is 18.3 Å². The number of aromatic nitrogens is 2. The third kappa shape index (κ3) is 4.97. The Morgan fingerprint density at radius 2 is 1.87 bits per heavy atom. The summed E-state index contributed by atoms with van der Waals surface area (Å²) < 4.78 is 26.0. The number of nitrogens with zero attached hydrogens (tertiary/aromatic N) is 5. The maximum atomic E-state index is 12.2. The molecule has 30 heavy (non-hydrogen) atoms. The quantitative estimate of drug-likeness (QED) is 0.674. The molecule has 0 unspecified atom stereocenters. The predicted octanol–water partition coefficient (Wildman–Crippen LogP) is 2.48. The summed E-state index contributed by atoms with van der Waals surface area (Å²) in [5.74, 6) is 1.48. The highest BCUT2D eigenvalue weighted by Gasteiger charge is 2.28. The minimum atomic E-state index is -3.19. The lowest BCUT2D eigenvalue weighted by Gasteiger charge is -2.35. The van der Waals surface area contributed by atoms with Crippen LogP contribution < -0.4 is 4.90 Å². The first-order valence-electron chi connectivity index (χ1n) is 10.4. The van der Waals surface area contributed by atoms with Gasteiger partial charge in [-0.3, -0.25) is 0 Å². The van der Waals surface area contributed by atoms with E-state index in [1.165, 1.54) is 11.1 Å². The topological polar surface area (TPSA) is 90.2 Å². The molecule has 1 aliphatic rings. The van der Waals surface area contributed by atoms with Crippen LogP contribution in [0.3, 0.4) is 0 Å². The first-order valence-corrected chi connectivity index (χ1v) is 12.0. The van der Waals surface area contributed by atoms with Gasteiger partial charge in [0.25, 0.3) is 0 Å². The molecule has 1 saturated heterocycles. The van der Waals surface area contributed by atoms with Gasteiger partial charge in [0, 0.05) is 43.9 Å². The molecule has 0 spiro atoms. The van der Waals surface area contributed by atoms with Crippen molar-refractivity contribution in [3.05, 3.63) is 52.5 Å². The minimum absolute atomic E-state index is 0.116. The normalized spacial score (nSPS) is 15.2. The Balaban J connectivity index is 1.97. The summed E-state index contributed by atoms with van der Waals surface area (Å²) in [7, 11) is -3.19. The molecule has 3 rings (SSSR count). The monoisotopic (exact) mass is 427 g/mol. The highest BCUT2D eigenvalue weighted by molar-refractivity contribution is 7.89. The number of benzene rings is 1. The number of nitriles is 1. The van der Waals surface area contributed by atoms with Gasteiger partial charge in [0.05, 0.1) is 18.2 Å². The van der Waals surface area contributed by atoms with Crippen LogP contribution in [0.5, 0.6) is 0 Å². The Bertz CT molecular complexity index is 1040. The Hall–Kier alpha value is -2.50. The number of aryl methyl sites for hydroxylation is 2. The number of sulfonamides is 1. The first-order chi connectivity index (χ1) is 14.4. The van der Waals surface area contributed by atoms with Crippen molar-refractivity contribution in [2.75, 3.05) is 36.8 Å². The van der Waals surface area contributed by atoms with E-state index in [-0.39, 0.29) is 12.2 Å². The van der Waals surface area contributed by atoms with E-state index in [1.807, 2.05) is 0 Å². The fraction of sp³-hybridized carbons (Fsp3) is 0.500. The molecule has 1 fully saturated rings. The van der Waals surface area contributed by atoms with Gasteiger partial charge in [0.2, 0.25) is 10.0 Å². The van der Waals surface area contributed by atoms with E-state index in [1.54, 1.807) is 11.2 Å². The molecule has 0 aliphatic carbocycles. The summed E-state index contributed by atoms with van der Waals surface area (Å²) in [6.07, 6.45) is 1.62. The van der Waals surface area contributed by atoms with Crippen LogP contribution in [-0.4, -0.2) is 54.6 Å². The number of piperazine rings is 1. The van der Waals surface area contributed by atoms with Crippen molar-refractivity contribution >= 4 is 15.8 Å². The van der Waals surface area contributed by atoms with Gasteiger partial charge < -0.3 is 4.90 Å². The molecule has 1 aromatic heterocycles. The maximum absolute atomic E-state index is 12.2. The van der Waals surface area contributed by atoms with Crippen molar-refractivity contribution in [3.8, 4) is 6.07 Å². The average molecular weight is 428 g/mol. The van der Waals surface area contributed by atoms with E-state index in [0.717, 1.165) is 23.5 Å². The summed E-state index contributed by atoms with van der Waals surface area (Å²) in [5.41, 5.74) is 4.41. The van der Waals surface area contributed by atoms with Gasteiger partial charge >= 0.3 is 0 Å². The van der Waals surface area contributed by atoms with Crippen LogP contribution in [0.25, 0.3) is 0 Å².